The smallest absolute Gasteiger partial charge is 0.301 e. The number of hydrogen-bond donors (Lipinski definition) is 0. The molecule has 0 aliphatic carbocycles. The fraction of sp³-hybridized carbons (Fsp3) is 0.133. The molecule has 1 aliphatic rings. The molecule has 0 N–H and O–H groups in total. The molecule has 0 radical (unpaired) electrons. The van der Waals surface area contributed by atoms with Gasteiger partial charge in [-0.2, -0.15) is 0 Å². The van der Waals surface area contributed by atoms with Crippen LogP contribution in [0.5, 0.6) is 0 Å². The first-order valence-corrected chi connectivity index (χ1v) is 6.75. The van der Waals surface area contributed by atoms with Gasteiger partial charge in [-0.25, -0.2) is 0 Å². The van der Waals surface area contributed by atoms with E-state index < -0.39 is 22.0 Å². The first-order valence-electron chi connectivity index (χ1n) is 6.75. The van der Waals surface area contributed by atoms with Gasteiger partial charge in [0.1, 0.15) is 0 Å². The molecule has 3 rings (SSSR count). The molecule has 0 aromatic heterocycles. The molecule has 8 heteroatoms. The maximum absolute atomic E-state index is 11.5. The summed E-state index contributed by atoms with van der Waals surface area (Å²) in [4.78, 5) is 26.4. The van der Waals surface area contributed by atoms with Crippen molar-refractivity contribution >= 4 is 11.4 Å². The van der Waals surface area contributed by atoms with Crippen molar-refractivity contribution in [3.63, 3.8) is 0 Å². The molecule has 23 heavy (non-hydrogen) atoms. The Labute approximate surface area is 130 Å². The first-order chi connectivity index (χ1) is 11.1. The Morgan fingerprint density at radius 3 is 2.17 bits per heavy atom. The summed E-state index contributed by atoms with van der Waals surface area (Å²) in [5, 5.41) is 26.0. The third-order valence-electron chi connectivity index (χ3n) is 3.56. The average Bonchev–Trinajstić information content (AvgIpc) is 3.01. The summed E-state index contributed by atoms with van der Waals surface area (Å²) in [6.07, 6.45) is -0.916. The lowest BCUT2D eigenvalue weighted by Crippen LogP contribution is -2.32. The standard InChI is InChI=1S/C15H11N3O5/c19-17(20)12-8-6-11(7-9-12)15-14(18(21)22)13(16-23-15)10-4-2-1-3-5-10/h1-9,14-15H/t14-,15+/m1/s1. The van der Waals surface area contributed by atoms with Crippen LogP contribution in [0.25, 0.3) is 0 Å². The normalized spacial score (nSPS) is 19.7. The van der Waals surface area contributed by atoms with E-state index in [-0.39, 0.29) is 11.4 Å². The van der Waals surface area contributed by atoms with Crippen LogP contribution in [0.2, 0.25) is 0 Å². The summed E-state index contributed by atoms with van der Waals surface area (Å²) in [6.45, 7) is 0. The number of non-ortho nitro benzene ring substituents is 1. The average molecular weight is 313 g/mol. The minimum Gasteiger partial charge on any atom is -0.379 e. The summed E-state index contributed by atoms with van der Waals surface area (Å²) in [5.41, 5.74) is 1.22. The van der Waals surface area contributed by atoms with Gasteiger partial charge in [0.2, 0.25) is 6.10 Å². The van der Waals surface area contributed by atoms with Crippen LogP contribution in [0.3, 0.4) is 0 Å². The Hall–Kier alpha value is -3.29. The van der Waals surface area contributed by atoms with Gasteiger partial charge in [-0.05, 0) is 12.1 Å². The zero-order valence-corrected chi connectivity index (χ0v) is 11.7. The largest absolute Gasteiger partial charge is 0.379 e. The number of oxime groups is 1. The molecule has 116 valence electrons. The van der Waals surface area contributed by atoms with Crippen molar-refractivity contribution in [3.05, 3.63) is 86.0 Å². The molecule has 0 saturated heterocycles. The second kappa shape index (κ2) is 5.84. The fourth-order valence-corrected chi connectivity index (χ4v) is 2.44. The van der Waals surface area contributed by atoms with E-state index in [1.54, 1.807) is 30.3 Å². The third-order valence-corrected chi connectivity index (χ3v) is 3.56. The summed E-state index contributed by atoms with van der Waals surface area (Å²) < 4.78 is 0. The molecule has 8 nitrogen and oxygen atoms in total. The maximum atomic E-state index is 11.5. The summed E-state index contributed by atoms with van der Waals surface area (Å²) >= 11 is 0. The topological polar surface area (TPSA) is 108 Å². The Bertz CT molecular complexity index is 773. The van der Waals surface area contributed by atoms with Gasteiger partial charge in [0.05, 0.1) is 4.92 Å². The molecule has 1 heterocycles. The van der Waals surface area contributed by atoms with Gasteiger partial charge >= 0.3 is 6.04 Å². The number of hydrogen-bond acceptors (Lipinski definition) is 6. The van der Waals surface area contributed by atoms with Crippen LogP contribution < -0.4 is 0 Å². The van der Waals surface area contributed by atoms with Crippen LogP contribution in [0, 0.1) is 20.2 Å². The number of nitro groups is 2. The maximum Gasteiger partial charge on any atom is 0.301 e. The zero-order valence-electron chi connectivity index (χ0n) is 11.7. The Balaban J connectivity index is 1.92. The van der Waals surface area contributed by atoms with Crippen molar-refractivity contribution in [2.45, 2.75) is 12.1 Å². The highest BCUT2D eigenvalue weighted by molar-refractivity contribution is 6.04. The monoisotopic (exact) mass is 313 g/mol. The van der Waals surface area contributed by atoms with Crippen LogP contribution in [0.15, 0.2) is 59.8 Å². The summed E-state index contributed by atoms with van der Waals surface area (Å²) in [7, 11) is 0. The van der Waals surface area contributed by atoms with E-state index in [1.807, 2.05) is 0 Å². The van der Waals surface area contributed by atoms with Gasteiger partial charge < -0.3 is 4.84 Å². The molecule has 2 aromatic carbocycles. The molecule has 0 saturated carbocycles. The molecule has 0 amide bonds. The van der Waals surface area contributed by atoms with Crippen LogP contribution >= 0.6 is 0 Å². The Morgan fingerprint density at radius 2 is 1.61 bits per heavy atom. The van der Waals surface area contributed by atoms with Crippen molar-refractivity contribution in [1.82, 2.24) is 0 Å². The van der Waals surface area contributed by atoms with Gasteiger partial charge in [-0.15, -0.1) is 0 Å². The number of benzene rings is 2. The van der Waals surface area contributed by atoms with Gasteiger partial charge in [0.25, 0.3) is 5.69 Å². The van der Waals surface area contributed by atoms with Crippen molar-refractivity contribution in [1.29, 1.82) is 0 Å². The van der Waals surface area contributed by atoms with E-state index in [2.05, 4.69) is 5.16 Å². The van der Waals surface area contributed by atoms with Gasteiger partial charge in [0.15, 0.2) is 5.71 Å². The Kier molecular flexibility index (Phi) is 3.71. The highest BCUT2D eigenvalue weighted by Crippen LogP contribution is 2.32. The minimum atomic E-state index is -1.17. The zero-order chi connectivity index (χ0) is 16.4. The minimum absolute atomic E-state index is 0.0893. The van der Waals surface area contributed by atoms with E-state index in [0.29, 0.717) is 11.1 Å². The predicted octanol–water partition coefficient (Wildman–Crippen LogP) is 2.72. The van der Waals surface area contributed by atoms with E-state index >= 15 is 0 Å². The number of nitro benzene ring substituents is 1. The number of rotatable bonds is 4. The lowest BCUT2D eigenvalue weighted by molar-refractivity contribution is -0.512. The van der Waals surface area contributed by atoms with E-state index in [1.165, 1.54) is 24.3 Å². The fourth-order valence-electron chi connectivity index (χ4n) is 2.44. The molecule has 0 unspecified atom stereocenters. The van der Waals surface area contributed by atoms with Gasteiger partial charge in [-0.1, -0.05) is 35.5 Å². The van der Waals surface area contributed by atoms with Gasteiger partial charge in [0, 0.05) is 28.2 Å². The van der Waals surface area contributed by atoms with Crippen LogP contribution in [-0.4, -0.2) is 21.6 Å². The van der Waals surface area contributed by atoms with Crippen molar-refractivity contribution in [2.24, 2.45) is 5.16 Å². The van der Waals surface area contributed by atoms with Crippen molar-refractivity contribution < 1.29 is 14.7 Å². The Morgan fingerprint density at radius 1 is 0.957 bits per heavy atom. The first kappa shape index (κ1) is 14.6. The molecule has 2 atom stereocenters. The molecular weight excluding hydrogens is 302 g/mol. The van der Waals surface area contributed by atoms with Crippen LogP contribution in [0.1, 0.15) is 17.2 Å². The predicted molar refractivity (Wildman–Crippen MR) is 80.7 cm³/mol. The van der Waals surface area contributed by atoms with Crippen molar-refractivity contribution in [3.8, 4) is 0 Å². The second-order valence-electron chi connectivity index (χ2n) is 4.95. The highest BCUT2D eigenvalue weighted by Gasteiger charge is 2.45. The highest BCUT2D eigenvalue weighted by atomic mass is 16.7. The van der Waals surface area contributed by atoms with E-state index in [0.717, 1.165) is 0 Å². The summed E-state index contributed by atoms with van der Waals surface area (Å²) in [6, 6.07) is 13.1. The SMILES string of the molecule is O=[N+]([O-])c1ccc([C@@H]2ON=C(c3ccccc3)[C@H]2[N+](=O)[O-])cc1. The van der Waals surface area contributed by atoms with E-state index in [9.17, 15) is 20.2 Å². The molecule has 2 aromatic rings. The van der Waals surface area contributed by atoms with Gasteiger partial charge in [-0.3, -0.25) is 20.2 Å². The second-order valence-corrected chi connectivity index (χ2v) is 4.95. The van der Waals surface area contributed by atoms with E-state index in [4.69, 9.17) is 4.84 Å². The molecular formula is C15H11N3O5. The molecule has 0 spiro atoms. The van der Waals surface area contributed by atoms with Crippen molar-refractivity contribution in [2.75, 3.05) is 0 Å². The molecule has 0 bridgehead atoms. The summed E-state index contributed by atoms with van der Waals surface area (Å²) in [5.74, 6) is 0. The van der Waals surface area contributed by atoms with Crippen LogP contribution in [-0.2, 0) is 4.84 Å². The quantitative estimate of drug-likeness (QED) is 0.637. The molecule has 0 fully saturated rings. The third kappa shape index (κ3) is 2.73. The van der Waals surface area contributed by atoms with Crippen LogP contribution in [0.4, 0.5) is 5.69 Å². The lowest BCUT2D eigenvalue weighted by Gasteiger charge is -2.12. The molecule has 1 aliphatic heterocycles. The number of nitrogens with zero attached hydrogens (tertiary/aromatic N) is 3. The lowest BCUT2D eigenvalue weighted by atomic mass is 9.95.